The maximum atomic E-state index is 10.2. The Morgan fingerprint density at radius 3 is 2.45 bits per heavy atom. The number of carbonyl (C=O) groups excluding carboxylic acids is 1. The summed E-state index contributed by atoms with van der Waals surface area (Å²) in [5, 5.41) is 18.1. The lowest BCUT2D eigenvalue weighted by molar-refractivity contribution is 0.112. The molecule has 0 heterocycles. The molecule has 1 aromatic rings. The van der Waals surface area contributed by atoms with Crippen LogP contribution in [0.5, 0.6) is 11.5 Å². The van der Waals surface area contributed by atoms with Gasteiger partial charge in [0.1, 0.15) is 6.29 Å². The second-order valence-corrected chi connectivity index (χ2v) is 2.32. The van der Waals surface area contributed by atoms with Crippen molar-refractivity contribution >= 4 is 6.29 Å². The lowest BCUT2D eigenvalue weighted by atomic mass is 10.1. The minimum Gasteiger partial charge on any atom is -0.504 e. The van der Waals surface area contributed by atoms with Gasteiger partial charge in [0.15, 0.2) is 11.5 Å². The normalized spacial score (nSPS) is 9.55. The van der Waals surface area contributed by atoms with Crippen molar-refractivity contribution in [3.63, 3.8) is 0 Å². The molecule has 0 aromatic heterocycles. The second-order valence-electron chi connectivity index (χ2n) is 2.32. The number of rotatable bonds is 1. The molecule has 3 nitrogen and oxygen atoms in total. The first-order valence-corrected chi connectivity index (χ1v) is 3.13. The van der Waals surface area contributed by atoms with Gasteiger partial charge in [0.25, 0.3) is 0 Å². The smallest absolute Gasteiger partial charge is 0.160 e. The minimum absolute atomic E-state index is 0.171. The van der Waals surface area contributed by atoms with Crippen molar-refractivity contribution in [1.82, 2.24) is 0 Å². The molecule has 11 heavy (non-hydrogen) atoms. The lowest BCUT2D eigenvalue weighted by Crippen LogP contribution is -1.82. The number of hydrogen-bond acceptors (Lipinski definition) is 3. The van der Waals surface area contributed by atoms with Crippen LogP contribution in [0.1, 0.15) is 15.9 Å². The molecule has 0 fully saturated rings. The average Bonchev–Trinajstić information content (AvgIpc) is 1.99. The quantitative estimate of drug-likeness (QED) is 0.470. The van der Waals surface area contributed by atoms with Gasteiger partial charge in [0, 0.05) is 5.56 Å². The zero-order chi connectivity index (χ0) is 8.43. The summed E-state index contributed by atoms with van der Waals surface area (Å²) >= 11 is 0. The first-order valence-electron chi connectivity index (χ1n) is 3.13. The summed E-state index contributed by atoms with van der Waals surface area (Å²) in [5.74, 6) is -0.428. The fourth-order valence-corrected chi connectivity index (χ4v) is 0.856. The predicted molar refractivity (Wildman–Crippen MR) is 39.9 cm³/mol. The van der Waals surface area contributed by atoms with E-state index in [1.165, 1.54) is 12.1 Å². The summed E-state index contributed by atoms with van der Waals surface area (Å²) in [4.78, 5) is 10.2. The summed E-state index contributed by atoms with van der Waals surface area (Å²) in [6.45, 7) is 1.61. The van der Waals surface area contributed by atoms with E-state index in [4.69, 9.17) is 10.2 Å². The van der Waals surface area contributed by atoms with Crippen LogP contribution in [0.25, 0.3) is 0 Å². The Morgan fingerprint density at radius 1 is 1.36 bits per heavy atom. The minimum atomic E-state index is -0.257. The molecule has 2 N–H and O–H groups in total. The van der Waals surface area contributed by atoms with Crippen LogP contribution in [0, 0.1) is 6.92 Å². The van der Waals surface area contributed by atoms with Gasteiger partial charge in [-0.05, 0) is 24.6 Å². The molecule has 0 spiro atoms. The predicted octanol–water partition coefficient (Wildman–Crippen LogP) is 1.22. The van der Waals surface area contributed by atoms with Gasteiger partial charge >= 0.3 is 0 Å². The number of benzene rings is 1. The highest BCUT2D eigenvalue weighted by atomic mass is 16.3. The Kier molecular flexibility index (Phi) is 1.81. The largest absolute Gasteiger partial charge is 0.504 e. The maximum absolute atomic E-state index is 10.2. The first-order chi connectivity index (χ1) is 5.15. The third-order valence-corrected chi connectivity index (χ3v) is 1.44. The van der Waals surface area contributed by atoms with Crippen molar-refractivity contribution < 1.29 is 15.0 Å². The Morgan fingerprint density at radius 2 is 2.00 bits per heavy atom. The lowest BCUT2D eigenvalue weighted by Gasteiger charge is -2.01. The number of aldehydes is 1. The summed E-state index contributed by atoms with van der Waals surface area (Å²) in [5.41, 5.74) is 0.852. The van der Waals surface area contributed by atoms with E-state index in [1.54, 1.807) is 6.92 Å². The van der Waals surface area contributed by atoms with Gasteiger partial charge in [0.05, 0.1) is 0 Å². The van der Waals surface area contributed by atoms with Gasteiger partial charge in [-0.15, -0.1) is 0 Å². The molecular weight excluding hydrogens is 144 g/mol. The molecule has 0 saturated heterocycles. The third kappa shape index (κ3) is 1.32. The molecule has 0 atom stereocenters. The highest BCUT2D eigenvalue weighted by Crippen LogP contribution is 2.28. The first kappa shape index (κ1) is 7.60. The van der Waals surface area contributed by atoms with Gasteiger partial charge in [0.2, 0.25) is 0 Å². The molecule has 0 aliphatic carbocycles. The number of aryl methyl sites for hydroxylation is 1. The van der Waals surface area contributed by atoms with Gasteiger partial charge in [-0.2, -0.15) is 0 Å². The maximum Gasteiger partial charge on any atom is 0.160 e. The number of carbonyl (C=O) groups is 1. The summed E-state index contributed by atoms with van der Waals surface area (Å²) in [6, 6.07) is 2.72. The Balaban J connectivity index is 3.31. The van der Waals surface area contributed by atoms with E-state index < -0.39 is 0 Å². The Hall–Kier alpha value is -1.51. The van der Waals surface area contributed by atoms with Gasteiger partial charge in [-0.3, -0.25) is 4.79 Å². The van der Waals surface area contributed by atoms with Gasteiger partial charge in [-0.1, -0.05) is 0 Å². The number of phenolic OH excluding ortho intramolecular Hbond substituents is 2. The zero-order valence-electron chi connectivity index (χ0n) is 6.03. The number of phenols is 2. The Bertz CT molecular complexity index is 268. The summed E-state index contributed by atoms with van der Waals surface area (Å²) in [7, 11) is 0. The third-order valence-electron chi connectivity index (χ3n) is 1.44. The zero-order valence-corrected chi connectivity index (χ0v) is 6.03. The van der Waals surface area contributed by atoms with E-state index in [9.17, 15) is 4.79 Å². The van der Waals surface area contributed by atoms with Crippen LogP contribution in [-0.4, -0.2) is 16.5 Å². The SMILES string of the molecule is Cc1cc(C=O)cc(O)c1O. The molecule has 0 aliphatic rings. The fourth-order valence-electron chi connectivity index (χ4n) is 0.856. The molecule has 0 bridgehead atoms. The second kappa shape index (κ2) is 2.62. The van der Waals surface area contributed by atoms with E-state index >= 15 is 0 Å². The standard InChI is InChI=1S/C8H8O3/c1-5-2-6(4-9)3-7(10)8(5)11/h2-4,10-11H,1H3. The van der Waals surface area contributed by atoms with Crippen molar-refractivity contribution in [2.75, 3.05) is 0 Å². The van der Waals surface area contributed by atoms with E-state index in [-0.39, 0.29) is 11.5 Å². The topological polar surface area (TPSA) is 57.5 Å². The van der Waals surface area contributed by atoms with Crippen LogP contribution in [-0.2, 0) is 0 Å². The van der Waals surface area contributed by atoms with Crippen LogP contribution in [0.2, 0.25) is 0 Å². The van der Waals surface area contributed by atoms with Crippen molar-refractivity contribution in [2.45, 2.75) is 6.92 Å². The van der Waals surface area contributed by atoms with E-state index in [1.807, 2.05) is 0 Å². The number of hydrogen-bond donors (Lipinski definition) is 2. The summed E-state index contributed by atoms with van der Waals surface area (Å²) < 4.78 is 0. The van der Waals surface area contributed by atoms with E-state index in [2.05, 4.69) is 0 Å². The van der Waals surface area contributed by atoms with Crippen molar-refractivity contribution in [3.8, 4) is 11.5 Å². The van der Waals surface area contributed by atoms with Crippen LogP contribution >= 0.6 is 0 Å². The highest BCUT2D eigenvalue weighted by molar-refractivity contribution is 5.77. The van der Waals surface area contributed by atoms with E-state index in [0.717, 1.165) is 0 Å². The van der Waals surface area contributed by atoms with E-state index in [0.29, 0.717) is 17.4 Å². The Labute approximate surface area is 63.9 Å². The molecule has 1 rings (SSSR count). The van der Waals surface area contributed by atoms with Gasteiger partial charge < -0.3 is 10.2 Å². The van der Waals surface area contributed by atoms with Crippen LogP contribution < -0.4 is 0 Å². The molecule has 58 valence electrons. The fraction of sp³-hybridized carbons (Fsp3) is 0.125. The van der Waals surface area contributed by atoms with Crippen molar-refractivity contribution in [2.24, 2.45) is 0 Å². The average molecular weight is 152 g/mol. The molecule has 1 aromatic carbocycles. The molecule has 3 heteroatoms. The van der Waals surface area contributed by atoms with Gasteiger partial charge in [-0.25, -0.2) is 0 Å². The molecular formula is C8H8O3. The van der Waals surface area contributed by atoms with Crippen molar-refractivity contribution in [1.29, 1.82) is 0 Å². The van der Waals surface area contributed by atoms with Crippen molar-refractivity contribution in [3.05, 3.63) is 23.3 Å². The molecule has 0 unspecified atom stereocenters. The van der Waals surface area contributed by atoms with Crippen LogP contribution in [0.3, 0.4) is 0 Å². The number of aromatic hydroxyl groups is 2. The highest BCUT2D eigenvalue weighted by Gasteiger charge is 2.03. The molecule has 0 amide bonds. The van der Waals surface area contributed by atoms with Crippen LogP contribution in [0.15, 0.2) is 12.1 Å². The molecule has 0 radical (unpaired) electrons. The molecule has 0 aliphatic heterocycles. The summed E-state index contributed by atoms with van der Waals surface area (Å²) in [6.07, 6.45) is 0.617. The molecule has 0 saturated carbocycles. The monoisotopic (exact) mass is 152 g/mol. The van der Waals surface area contributed by atoms with Crippen LogP contribution in [0.4, 0.5) is 0 Å².